The first-order valence-electron chi connectivity index (χ1n) is 7.23. The van der Waals surface area contributed by atoms with Crippen molar-refractivity contribution >= 4 is 23.8 Å². The minimum Gasteiger partial charge on any atom is -0.444 e. The standard InChI is InChI=1S/C16H22ClNO5/c1-16(2,3)23-14(19)18-10-9-13(22-15(20)21-11-17)12-7-5-4-6-8-12/h4-8,13H,9-11H2,1-3H3,(H,18,19). The first kappa shape index (κ1) is 19.1. The molecule has 1 N–H and O–H groups in total. The lowest BCUT2D eigenvalue weighted by atomic mass is 10.1. The number of carbonyl (C=O) groups excluding carboxylic acids is 2. The Labute approximate surface area is 141 Å². The Kier molecular flexibility index (Phi) is 7.68. The maximum atomic E-state index is 11.6. The van der Waals surface area contributed by atoms with Crippen LogP contribution in [-0.4, -0.2) is 30.5 Å². The maximum Gasteiger partial charge on any atom is 0.510 e. The van der Waals surface area contributed by atoms with Crippen LogP contribution in [0.5, 0.6) is 0 Å². The average Bonchev–Trinajstić information content (AvgIpc) is 2.45. The average molecular weight is 344 g/mol. The van der Waals surface area contributed by atoms with Gasteiger partial charge in [-0.05, 0) is 26.3 Å². The van der Waals surface area contributed by atoms with Crippen molar-refractivity contribution in [2.45, 2.75) is 38.9 Å². The van der Waals surface area contributed by atoms with Crippen LogP contribution in [0, 0.1) is 0 Å². The van der Waals surface area contributed by atoms with Gasteiger partial charge in [-0.2, -0.15) is 0 Å². The van der Waals surface area contributed by atoms with Crippen molar-refractivity contribution in [3.63, 3.8) is 0 Å². The first-order chi connectivity index (χ1) is 10.8. The second-order valence-corrected chi connectivity index (χ2v) is 5.96. The van der Waals surface area contributed by atoms with Crippen LogP contribution in [-0.2, 0) is 14.2 Å². The summed E-state index contributed by atoms with van der Waals surface area (Å²) < 4.78 is 14.9. The normalized spacial score (nSPS) is 12.2. The van der Waals surface area contributed by atoms with Gasteiger partial charge in [0, 0.05) is 13.0 Å². The van der Waals surface area contributed by atoms with E-state index < -0.39 is 24.0 Å². The summed E-state index contributed by atoms with van der Waals surface area (Å²) in [5.74, 6) is 0. The van der Waals surface area contributed by atoms with Gasteiger partial charge in [0.2, 0.25) is 0 Å². The molecule has 0 fully saturated rings. The first-order valence-corrected chi connectivity index (χ1v) is 7.76. The third kappa shape index (κ3) is 8.30. The fraction of sp³-hybridized carbons (Fsp3) is 0.500. The summed E-state index contributed by atoms with van der Waals surface area (Å²) in [4.78, 5) is 23.1. The molecule has 0 radical (unpaired) electrons. The molecule has 23 heavy (non-hydrogen) atoms. The lowest BCUT2D eigenvalue weighted by molar-refractivity contribution is 0.0282. The van der Waals surface area contributed by atoms with E-state index in [0.717, 1.165) is 5.56 Å². The Balaban J connectivity index is 2.57. The zero-order valence-corrected chi connectivity index (χ0v) is 14.3. The van der Waals surface area contributed by atoms with E-state index in [1.807, 2.05) is 30.3 Å². The minimum absolute atomic E-state index is 0.280. The molecule has 0 saturated heterocycles. The van der Waals surface area contributed by atoms with E-state index in [0.29, 0.717) is 6.42 Å². The Morgan fingerprint density at radius 2 is 1.87 bits per heavy atom. The molecule has 0 aliphatic heterocycles. The summed E-state index contributed by atoms with van der Waals surface area (Å²) in [6.07, 6.45) is -1.55. The molecule has 1 atom stereocenters. The number of hydrogen-bond donors (Lipinski definition) is 1. The van der Waals surface area contributed by atoms with E-state index in [2.05, 4.69) is 10.1 Å². The van der Waals surface area contributed by atoms with Gasteiger partial charge in [-0.25, -0.2) is 9.59 Å². The zero-order valence-electron chi connectivity index (χ0n) is 13.5. The monoisotopic (exact) mass is 343 g/mol. The SMILES string of the molecule is CC(C)(C)OC(=O)NCCC(OC(=O)OCCl)c1ccccc1. The third-order valence-electron chi connectivity index (χ3n) is 2.66. The molecule has 1 aromatic rings. The van der Waals surface area contributed by atoms with Gasteiger partial charge in [0.05, 0.1) is 0 Å². The van der Waals surface area contributed by atoms with Crippen molar-refractivity contribution in [2.24, 2.45) is 0 Å². The molecule has 1 aromatic carbocycles. The highest BCUT2D eigenvalue weighted by molar-refractivity contribution is 6.17. The molecule has 0 saturated carbocycles. The van der Waals surface area contributed by atoms with Crippen LogP contribution in [0.25, 0.3) is 0 Å². The molecule has 1 unspecified atom stereocenters. The molecule has 0 heterocycles. The van der Waals surface area contributed by atoms with Crippen molar-refractivity contribution in [1.82, 2.24) is 5.32 Å². The Hall–Kier alpha value is -1.95. The van der Waals surface area contributed by atoms with Gasteiger partial charge in [-0.1, -0.05) is 41.9 Å². The zero-order chi connectivity index (χ0) is 17.3. The van der Waals surface area contributed by atoms with Crippen LogP contribution in [0.4, 0.5) is 9.59 Å². The van der Waals surface area contributed by atoms with Crippen molar-refractivity contribution < 1.29 is 23.8 Å². The molecule has 128 valence electrons. The van der Waals surface area contributed by atoms with Gasteiger partial charge in [0.1, 0.15) is 11.7 Å². The number of hydrogen-bond acceptors (Lipinski definition) is 5. The lowest BCUT2D eigenvalue weighted by Crippen LogP contribution is -2.33. The highest BCUT2D eigenvalue weighted by Gasteiger charge is 2.19. The third-order valence-corrected chi connectivity index (χ3v) is 2.77. The van der Waals surface area contributed by atoms with Gasteiger partial charge in [0.25, 0.3) is 0 Å². The number of rotatable bonds is 6. The number of benzene rings is 1. The number of amides is 1. The number of alkyl halides is 1. The molecular weight excluding hydrogens is 322 g/mol. The van der Waals surface area contributed by atoms with E-state index in [1.54, 1.807) is 20.8 Å². The molecular formula is C16H22ClNO5. The minimum atomic E-state index is -0.855. The molecule has 6 nitrogen and oxygen atoms in total. The molecule has 0 spiro atoms. The van der Waals surface area contributed by atoms with Crippen LogP contribution in [0.2, 0.25) is 0 Å². The Morgan fingerprint density at radius 3 is 2.43 bits per heavy atom. The highest BCUT2D eigenvalue weighted by Crippen LogP contribution is 2.21. The van der Waals surface area contributed by atoms with Crippen LogP contribution in [0.1, 0.15) is 38.9 Å². The summed E-state index contributed by atoms with van der Waals surface area (Å²) in [5, 5.41) is 2.63. The van der Waals surface area contributed by atoms with Gasteiger partial charge >= 0.3 is 12.2 Å². The topological polar surface area (TPSA) is 73.9 Å². The second kappa shape index (κ2) is 9.25. The number of ether oxygens (including phenoxy) is 3. The van der Waals surface area contributed by atoms with Gasteiger partial charge < -0.3 is 19.5 Å². The fourth-order valence-electron chi connectivity index (χ4n) is 1.78. The highest BCUT2D eigenvalue weighted by atomic mass is 35.5. The number of carbonyl (C=O) groups is 2. The van der Waals surface area contributed by atoms with Crippen molar-refractivity contribution in [2.75, 3.05) is 12.6 Å². The fourth-order valence-corrected chi connectivity index (χ4v) is 1.86. The second-order valence-electron chi connectivity index (χ2n) is 5.74. The summed E-state index contributed by atoms with van der Waals surface area (Å²) in [6.45, 7) is 5.63. The molecule has 1 rings (SSSR count). The van der Waals surface area contributed by atoms with Crippen molar-refractivity contribution in [3.8, 4) is 0 Å². The smallest absolute Gasteiger partial charge is 0.444 e. The van der Waals surface area contributed by atoms with Crippen LogP contribution in [0.15, 0.2) is 30.3 Å². The molecule has 0 aliphatic carbocycles. The number of halogens is 1. The maximum absolute atomic E-state index is 11.6. The van der Waals surface area contributed by atoms with Crippen LogP contribution >= 0.6 is 11.6 Å². The molecule has 1 amide bonds. The van der Waals surface area contributed by atoms with Gasteiger partial charge in [-0.3, -0.25) is 0 Å². The number of nitrogens with one attached hydrogen (secondary N) is 1. The predicted octanol–water partition coefficient (Wildman–Crippen LogP) is 3.99. The molecule has 0 aromatic heterocycles. The van der Waals surface area contributed by atoms with Crippen molar-refractivity contribution in [1.29, 1.82) is 0 Å². The summed E-state index contributed by atoms with van der Waals surface area (Å²) in [5.41, 5.74) is 0.230. The summed E-state index contributed by atoms with van der Waals surface area (Å²) >= 11 is 5.34. The van der Waals surface area contributed by atoms with Gasteiger partial charge in [-0.15, -0.1) is 0 Å². The Morgan fingerprint density at radius 1 is 1.22 bits per heavy atom. The molecule has 7 heteroatoms. The predicted molar refractivity (Wildman–Crippen MR) is 86.3 cm³/mol. The molecule has 0 aliphatic rings. The lowest BCUT2D eigenvalue weighted by Gasteiger charge is -2.21. The largest absolute Gasteiger partial charge is 0.510 e. The van der Waals surface area contributed by atoms with E-state index >= 15 is 0 Å². The Bertz CT molecular complexity index is 501. The van der Waals surface area contributed by atoms with E-state index in [9.17, 15) is 9.59 Å². The van der Waals surface area contributed by atoms with Crippen LogP contribution < -0.4 is 5.32 Å². The van der Waals surface area contributed by atoms with Crippen LogP contribution in [0.3, 0.4) is 0 Å². The number of alkyl carbamates (subject to hydrolysis) is 1. The van der Waals surface area contributed by atoms with Crippen molar-refractivity contribution in [3.05, 3.63) is 35.9 Å². The summed E-state index contributed by atoms with van der Waals surface area (Å²) in [6, 6.07) is 8.89. The molecule has 0 bridgehead atoms. The van der Waals surface area contributed by atoms with E-state index in [-0.39, 0.29) is 12.6 Å². The van der Waals surface area contributed by atoms with E-state index in [1.165, 1.54) is 0 Å². The quantitative estimate of drug-likeness (QED) is 0.624. The summed E-state index contributed by atoms with van der Waals surface area (Å²) in [7, 11) is 0. The van der Waals surface area contributed by atoms with E-state index in [4.69, 9.17) is 21.1 Å². The van der Waals surface area contributed by atoms with Gasteiger partial charge in [0.15, 0.2) is 6.07 Å².